The quantitative estimate of drug-likeness (QED) is 0.282. The van der Waals surface area contributed by atoms with Gasteiger partial charge < -0.3 is 9.53 Å². The summed E-state index contributed by atoms with van der Waals surface area (Å²) in [5.74, 6) is 0. The van der Waals surface area contributed by atoms with Gasteiger partial charge in [-0.25, -0.2) is 0 Å². The topological polar surface area (TPSA) is 32.7 Å². The Balaban J connectivity index is 1.53. The van der Waals surface area contributed by atoms with Crippen LogP contribution < -0.4 is 10.4 Å². The fourth-order valence-corrected chi connectivity index (χ4v) is 11.2. The standard InChI is InChI=1S/C34H39NO2Si/c1-33(2,36)32(26-35(24-27-16-8-5-9-17-27)25-28-18-10-6-11-19-28)37-38(29-20-12-7-13-21-29)31-23-15-14-22-30(31)34(38,3)4/h5-23,32,36H,24-26H2,1-4H3. The van der Waals surface area contributed by atoms with Crippen molar-refractivity contribution in [3.05, 3.63) is 132 Å². The molecule has 0 radical (unpaired) electrons. The molecule has 0 saturated heterocycles. The normalized spacial score (nSPS) is 19.0. The van der Waals surface area contributed by atoms with Crippen LogP contribution in [0, 0.1) is 0 Å². The molecular formula is C34H39NO2Si. The lowest BCUT2D eigenvalue weighted by Gasteiger charge is -2.57. The fraction of sp³-hybridized carbons (Fsp3) is 0.294. The van der Waals surface area contributed by atoms with Crippen molar-refractivity contribution in [2.24, 2.45) is 0 Å². The molecule has 0 aliphatic carbocycles. The van der Waals surface area contributed by atoms with Gasteiger partial charge in [0, 0.05) is 24.7 Å². The molecule has 1 N–H and O–H groups in total. The van der Waals surface area contributed by atoms with Crippen molar-refractivity contribution >= 4 is 18.7 Å². The maximum absolute atomic E-state index is 11.6. The Kier molecular flexibility index (Phi) is 7.43. The predicted octanol–water partition coefficient (Wildman–Crippen LogP) is 5.44. The Morgan fingerprint density at radius 1 is 0.737 bits per heavy atom. The molecule has 0 bridgehead atoms. The minimum Gasteiger partial charge on any atom is -0.400 e. The lowest BCUT2D eigenvalue weighted by Crippen LogP contribution is -2.82. The van der Waals surface area contributed by atoms with E-state index >= 15 is 0 Å². The van der Waals surface area contributed by atoms with E-state index in [2.05, 4.69) is 134 Å². The molecular weight excluding hydrogens is 482 g/mol. The molecule has 2 unspecified atom stereocenters. The van der Waals surface area contributed by atoms with Gasteiger partial charge in [-0.2, -0.15) is 0 Å². The maximum atomic E-state index is 11.6. The molecule has 0 amide bonds. The van der Waals surface area contributed by atoms with E-state index in [9.17, 15) is 5.11 Å². The van der Waals surface area contributed by atoms with Crippen molar-refractivity contribution in [2.75, 3.05) is 6.54 Å². The summed E-state index contributed by atoms with van der Waals surface area (Å²) in [6.07, 6.45) is -0.380. The van der Waals surface area contributed by atoms with Gasteiger partial charge in [0.1, 0.15) is 0 Å². The Hall–Kier alpha value is -3.02. The smallest absolute Gasteiger partial charge is 0.266 e. The van der Waals surface area contributed by atoms with Crippen LogP contribution in [0.1, 0.15) is 44.4 Å². The molecule has 3 nitrogen and oxygen atoms in total. The van der Waals surface area contributed by atoms with Crippen LogP contribution in [0.25, 0.3) is 0 Å². The molecule has 1 aliphatic rings. The van der Waals surface area contributed by atoms with Gasteiger partial charge >= 0.3 is 0 Å². The number of nitrogens with zero attached hydrogens (tertiary/aromatic N) is 1. The van der Waals surface area contributed by atoms with Crippen LogP contribution in [0.3, 0.4) is 0 Å². The number of hydrogen-bond acceptors (Lipinski definition) is 3. The van der Waals surface area contributed by atoms with Crippen LogP contribution in [0.4, 0.5) is 0 Å². The van der Waals surface area contributed by atoms with Gasteiger partial charge in [0.25, 0.3) is 8.32 Å². The van der Waals surface area contributed by atoms with Gasteiger partial charge in [-0.15, -0.1) is 0 Å². The molecule has 1 aliphatic heterocycles. The first-order valence-electron chi connectivity index (χ1n) is 13.6. The first kappa shape index (κ1) is 26.6. The fourth-order valence-electron chi connectivity index (χ4n) is 5.99. The molecule has 4 aromatic carbocycles. The molecule has 0 fully saturated rings. The minimum absolute atomic E-state index is 0.127. The second-order valence-electron chi connectivity index (χ2n) is 11.6. The van der Waals surface area contributed by atoms with E-state index in [0.29, 0.717) is 6.54 Å². The first-order chi connectivity index (χ1) is 18.2. The Morgan fingerprint density at radius 3 is 1.74 bits per heavy atom. The Labute approximate surface area is 228 Å². The zero-order valence-corrected chi connectivity index (χ0v) is 24.0. The molecule has 196 valence electrons. The van der Waals surface area contributed by atoms with Crippen LogP contribution in [-0.2, 0) is 22.6 Å². The molecule has 4 aromatic rings. The van der Waals surface area contributed by atoms with E-state index in [0.717, 1.165) is 13.1 Å². The van der Waals surface area contributed by atoms with Gasteiger partial charge in [0.15, 0.2) is 0 Å². The number of hydrogen-bond donors (Lipinski definition) is 1. The van der Waals surface area contributed by atoms with E-state index < -0.39 is 13.9 Å². The summed E-state index contributed by atoms with van der Waals surface area (Å²) in [4.78, 5) is 2.41. The molecule has 0 aromatic heterocycles. The zero-order chi connectivity index (χ0) is 26.8. The monoisotopic (exact) mass is 521 g/mol. The highest BCUT2D eigenvalue weighted by molar-refractivity contribution is 7.03. The van der Waals surface area contributed by atoms with Gasteiger partial charge in [-0.05, 0) is 40.9 Å². The summed E-state index contributed by atoms with van der Waals surface area (Å²) in [7, 11) is -2.68. The van der Waals surface area contributed by atoms with E-state index in [1.54, 1.807) is 0 Å². The molecule has 4 heteroatoms. The van der Waals surface area contributed by atoms with Crippen LogP contribution >= 0.6 is 0 Å². The van der Waals surface area contributed by atoms with Crippen LogP contribution in [0.2, 0.25) is 0 Å². The van der Waals surface area contributed by atoms with Crippen LogP contribution in [-0.4, -0.2) is 36.6 Å². The van der Waals surface area contributed by atoms with Crippen LogP contribution in [0.5, 0.6) is 0 Å². The van der Waals surface area contributed by atoms with Crippen LogP contribution in [0.15, 0.2) is 115 Å². The van der Waals surface area contributed by atoms with Gasteiger partial charge in [-0.1, -0.05) is 129 Å². The van der Waals surface area contributed by atoms with E-state index in [1.807, 2.05) is 13.8 Å². The van der Waals surface area contributed by atoms with E-state index in [4.69, 9.17) is 4.43 Å². The summed E-state index contributed by atoms with van der Waals surface area (Å²) in [5, 5.41) is 14.0. The molecule has 5 rings (SSSR count). The lowest BCUT2D eigenvalue weighted by atomic mass is 10.00. The van der Waals surface area contributed by atoms with E-state index in [-0.39, 0.29) is 11.1 Å². The van der Waals surface area contributed by atoms with Crippen molar-refractivity contribution in [3.8, 4) is 0 Å². The summed E-state index contributed by atoms with van der Waals surface area (Å²) in [6, 6.07) is 40.6. The second kappa shape index (κ2) is 10.6. The minimum atomic E-state index is -2.68. The van der Waals surface area contributed by atoms with Crippen molar-refractivity contribution in [1.82, 2.24) is 4.90 Å². The maximum Gasteiger partial charge on any atom is 0.266 e. The highest BCUT2D eigenvalue weighted by atomic mass is 28.4. The molecule has 0 spiro atoms. The third-order valence-corrected chi connectivity index (χ3v) is 13.1. The largest absolute Gasteiger partial charge is 0.400 e. The third kappa shape index (κ3) is 5.02. The second-order valence-corrected chi connectivity index (χ2v) is 15.6. The van der Waals surface area contributed by atoms with Gasteiger partial charge in [0.2, 0.25) is 0 Å². The van der Waals surface area contributed by atoms with Crippen molar-refractivity contribution in [1.29, 1.82) is 0 Å². The van der Waals surface area contributed by atoms with Crippen molar-refractivity contribution in [2.45, 2.75) is 57.5 Å². The third-order valence-electron chi connectivity index (χ3n) is 8.07. The van der Waals surface area contributed by atoms with Gasteiger partial charge in [-0.3, -0.25) is 4.90 Å². The summed E-state index contributed by atoms with van der Waals surface area (Å²) >= 11 is 0. The van der Waals surface area contributed by atoms with E-state index in [1.165, 1.54) is 27.1 Å². The predicted molar refractivity (Wildman–Crippen MR) is 159 cm³/mol. The zero-order valence-electron chi connectivity index (χ0n) is 23.0. The molecule has 2 atom stereocenters. The summed E-state index contributed by atoms with van der Waals surface area (Å²) in [5.41, 5.74) is 2.83. The number of aliphatic hydroxyl groups is 1. The summed E-state index contributed by atoms with van der Waals surface area (Å²) in [6.45, 7) is 10.6. The molecule has 0 saturated carbocycles. The SMILES string of the molecule is CC(C)(O)C(CN(Cc1ccccc1)Cc1ccccc1)O[Si]1(c2ccccc2)c2ccccc2C1(C)C. The van der Waals surface area contributed by atoms with Crippen molar-refractivity contribution in [3.63, 3.8) is 0 Å². The molecule has 38 heavy (non-hydrogen) atoms. The summed E-state index contributed by atoms with van der Waals surface area (Å²) < 4.78 is 7.42. The lowest BCUT2D eigenvalue weighted by molar-refractivity contribution is -0.0557. The molecule has 1 heterocycles. The van der Waals surface area contributed by atoms with Gasteiger partial charge in [0.05, 0.1) is 11.7 Å². The highest BCUT2D eigenvalue weighted by Gasteiger charge is 2.64. The average molecular weight is 522 g/mol. The average Bonchev–Trinajstić information content (AvgIpc) is 2.92. The highest BCUT2D eigenvalue weighted by Crippen LogP contribution is 2.44. The number of rotatable bonds is 10. The number of fused-ring (bicyclic) bond motifs is 1. The Morgan fingerprint density at radius 2 is 1.21 bits per heavy atom. The Bertz CT molecular complexity index is 1290. The number of benzene rings is 4. The first-order valence-corrected chi connectivity index (χ1v) is 15.5. The van der Waals surface area contributed by atoms with Crippen molar-refractivity contribution < 1.29 is 9.53 Å².